The molecule has 6 heterocycles. The van der Waals surface area contributed by atoms with Crippen molar-refractivity contribution in [1.82, 2.24) is 28.3 Å². The first-order valence-electron chi connectivity index (χ1n) is 19.6. The predicted octanol–water partition coefficient (Wildman–Crippen LogP) is 0.712. The lowest BCUT2D eigenvalue weighted by Gasteiger charge is -1.91. The van der Waals surface area contributed by atoms with E-state index in [0.29, 0.717) is 0 Å². The van der Waals surface area contributed by atoms with Crippen molar-refractivity contribution < 1.29 is 79.3 Å². The van der Waals surface area contributed by atoms with E-state index in [1.165, 1.54) is 72.8 Å². The van der Waals surface area contributed by atoms with Crippen LogP contribution >= 0.6 is 0 Å². The molecule has 6 amide bonds. The minimum atomic E-state index is -3.55. The van der Waals surface area contributed by atoms with Crippen LogP contribution in [0.2, 0.25) is 0 Å². The fourth-order valence-corrected chi connectivity index (χ4v) is 13.8. The number of benzene rings is 6. The van der Waals surface area contributed by atoms with Gasteiger partial charge in [0.15, 0.2) is 0 Å². The van der Waals surface area contributed by atoms with Crippen LogP contribution in [0.4, 0.5) is 0 Å². The Kier molecular flexibility index (Phi) is 13.8. The van der Waals surface area contributed by atoms with Crippen LogP contribution in [0, 0.1) is 0 Å². The highest BCUT2D eigenvalue weighted by Gasteiger charge is 2.35. The normalized spacial score (nSPS) is 18.5. The van der Waals surface area contributed by atoms with Gasteiger partial charge in [-0.05, 0) is 72.8 Å². The summed E-state index contributed by atoms with van der Waals surface area (Å²) in [5, 5.41) is 0. The number of sulfonamides is 6. The summed E-state index contributed by atoms with van der Waals surface area (Å²) in [7, 11) is -21.3. The van der Waals surface area contributed by atoms with Gasteiger partial charge in [0.2, 0.25) is 0 Å². The Bertz CT molecular complexity index is 3380. The van der Waals surface area contributed by atoms with Gasteiger partial charge in [0.1, 0.15) is 29.4 Å². The number of rotatable bonds is 0. The summed E-state index contributed by atoms with van der Waals surface area (Å²) in [6, 6.07) is 36.5. The van der Waals surface area contributed by atoms with Gasteiger partial charge in [-0.15, -0.1) is 0 Å². The van der Waals surface area contributed by atoms with Crippen molar-refractivity contribution in [3.63, 3.8) is 0 Å². The number of hydrogen-bond acceptors (Lipinski definition) is 18. The fourth-order valence-electron chi connectivity index (χ4n) is 6.72. The van der Waals surface area contributed by atoms with Crippen molar-refractivity contribution in [2.24, 2.45) is 0 Å². The second-order valence-electron chi connectivity index (χ2n) is 14.6. The molecule has 6 aliphatic heterocycles. The Morgan fingerprint density at radius 1 is 0.194 bits per heavy atom. The third-order valence-electron chi connectivity index (χ3n) is 9.89. The number of hydrogen-bond donors (Lipinski definition) is 6. The highest BCUT2D eigenvalue weighted by Crippen LogP contribution is 2.25. The van der Waals surface area contributed by atoms with Crippen LogP contribution < -0.4 is 28.3 Å². The minimum absolute atomic E-state index is 0.0648. The zero-order chi connectivity index (χ0) is 52.6. The molecular formula is C42H30N6O18S6. The quantitative estimate of drug-likeness (QED) is 0.122. The molecule has 6 aliphatic rings. The van der Waals surface area contributed by atoms with Crippen molar-refractivity contribution >= 4 is 95.6 Å². The molecule has 0 spiro atoms. The van der Waals surface area contributed by atoms with Crippen LogP contribution in [0.1, 0.15) is 62.1 Å². The van der Waals surface area contributed by atoms with Crippen molar-refractivity contribution in [2.75, 3.05) is 0 Å². The van der Waals surface area contributed by atoms with Gasteiger partial charge >= 0.3 is 0 Å². The third kappa shape index (κ3) is 10.5. The Morgan fingerprint density at radius 3 is 0.417 bits per heavy atom. The van der Waals surface area contributed by atoms with Crippen molar-refractivity contribution in [2.45, 2.75) is 29.4 Å². The van der Waals surface area contributed by atoms with E-state index < -0.39 is 95.6 Å². The number of fused-ring (bicyclic) bond motifs is 6. The molecule has 24 nitrogen and oxygen atoms in total. The number of nitrogens with one attached hydrogen (secondary N) is 6. The molecule has 0 saturated heterocycles. The lowest BCUT2D eigenvalue weighted by atomic mass is 10.2. The Hall–Kier alpha value is -8.16. The van der Waals surface area contributed by atoms with Gasteiger partial charge in [-0.25, -0.2) is 78.8 Å². The average molecular weight is 1100 g/mol. The molecule has 0 bridgehead atoms. The number of carbonyl (C=O) groups is 6. The summed E-state index contributed by atoms with van der Waals surface area (Å²) < 4.78 is 145. The van der Waals surface area contributed by atoms with Gasteiger partial charge in [-0.1, -0.05) is 72.8 Å². The highest BCUT2D eigenvalue weighted by atomic mass is 32.2. The summed E-state index contributed by atoms with van der Waals surface area (Å²) in [5.41, 5.74) is 1.32. The van der Waals surface area contributed by atoms with Gasteiger partial charge < -0.3 is 0 Å². The van der Waals surface area contributed by atoms with Crippen molar-refractivity contribution in [3.8, 4) is 0 Å². The maximum atomic E-state index is 11.1. The molecule has 372 valence electrons. The molecular weight excluding hydrogens is 1070 g/mol. The maximum Gasteiger partial charge on any atom is 0.266 e. The van der Waals surface area contributed by atoms with Gasteiger partial charge in [-0.3, -0.25) is 28.8 Å². The molecule has 0 fully saturated rings. The summed E-state index contributed by atoms with van der Waals surface area (Å²) in [6.07, 6.45) is 0. The Morgan fingerprint density at radius 2 is 0.306 bits per heavy atom. The van der Waals surface area contributed by atoms with Crippen LogP contribution in [0.15, 0.2) is 175 Å². The van der Waals surface area contributed by atoms with Crippen molar-refractivity contribution in [1.29, 1.82) is 0 Å². The maximum absolute atomic E-state index is 11.1. The van der Waals surface area contributed by atoms with E-state index in [0.717, 1.165) is 0 Å². The van der Waals surface area contributed by atoms with Crippen LogP contribution in [-0.2, 0) is 60.1 Å². The van der Waals surface area contributed by atoms with E-state index in [1.807, 2.05) is 28.3 Å². The molecule has 6 N–H and O–H groups in total. The SMILES string of the molecule is O=C1NS(=O)(=O)c2ccccc21.O=C1NS(=O)(=O)c2ccccc21.O=C1NS(=O)(=O)c2ccccc21.O=C1NS(=O)(=O)c2ccccc21.O=C1NS(=O)(=O)c2ccccc21.O=C1NS(=O)(=O)c2ccccc21. The van der Waals surface area contributed by atoms with Crippen molar-refractivity contribution in [3.05, 3.63) is 179 Å². The second-order valence-corrected chi connectivity index (χ2v) is 24.5. The van der Waals surface area contributed by atoms with Crippen LogP contribution in [-0.4, -0.2) is 85.9 Å². The van der Waals surface area contributed by atoms with E-state index in [1.54, 1.807) is 72.8 Å². The standard InChI is InChI=1S/6C7H5NO3S/c6*9-7-5-3-1-2-4-6(5)12(10,11)8-7/h6*1-4H,(H,8,9). The lowest BCUT2D eigenvalue weighted by Crippen LogP contribution is -2.20. The smallest absolute Gasteiger partial charge is 0.266 e. The van der Waals surface area contributed by atoms with E-state index in [4.69, 9.17) is 0 Å². The molecule has 0 radical (unpaired) electrons. The molecule has 6 aromatic rings. The van der Waals surface area contributed by atoms with Gasteiger partial charge in [0, 0.05) is 0 Å². The fraction of sp³-hybridized carbons (Fsp3) is 0. The molecule has 0 aromatic heterocycles. The van der Waals surface area contributed by atoms with Gasteiger partial charge in [0.05, 0.1) is 33.4 Å². The molecule has 30 heteroatoms. The van der Waals surface area contributed by atoms with E-state index in [9.17, 15) is 79.3 Å². The first-order chi connectivity index (χ1) is 33.7. The molecule has 0 unspecified atom stereocenters. The summed E-state index contributed by atoms with van der Waals surface area (Å²) in [4.78, 5) is 66.3. The first kappa shape index (κ1) is 51.7. The summed E-state index contributed by atoms with van der Waals surface area (Å²) >= 11 is 0. The number of amides is 6. The zero-order valence-electron chi connectivity index (χ0n) is 35.7. The molecule has 72 heavy (non-hydrogen) atoms. The zero-order valence-corrected chi connectivity index (χ0v) is 40.6. The predicted molar refractivity (Wildman–Crippen MR) is 247 cm³/mol. The minimum Gasteiger partial charge on any atom is -0.268 e. The number of carbonyl (C=O) groups excluding carboxylic acids is 6. The second kappa shape index (κ2) is 19.2. The summed E-state index contributed by atoms with van der Waals surface area (Å²) in [5.74, 6) is -3.30. The van der Waals surface area contributed by atoms with E-state index in [-0.39, 0.29) is 62.8 Å². The first-order valence-corrected chi connectivity index (χ1v) is 28.5. The topological polar surface area (TPSA) is 379 Å². The van der Waals surface area contributed by atoms with E-state index >= 15 is 0 Å². The third-order valence-corrected chi connectivity index (χ3v) is 18.2. The van der Waals surface area contributed by atoms with Gasteiger partial charge in [0.25, 0.3) is 95.6 Å². The molecule has 0 atom stereocenters. The largest absolute Gasteiger partial charge is 0.268 e. The average Bonchev–Trinajstić information content (AvgIpc) is 4.05. The monoisotopic (exact) mass is 1100 g/mol. The van der Waals surface area contributed by atoms with E-state index in [2.05, 4.69) is 0 Å². The Balaban J connectivity index is 0.000000127. The van der Waals surface area contributed by atoms with Gasteiger partial charge in [-0.2, -0.15) is 0 Å². The van der Waals surface area contributed by atoms with Crippen LogP contribution in [0.3, 0.4) is 0 Å². The molecule has 0 saturated carbocycles. The molecule has 12 rings (SSSR count). The Labute approximate surface area is 409 Å². The van der Waals surface area contributed by atoms with Crippen LogP contribution in [0.25, 0.3) is 0 Å². The van der Waals surface area contributed by atoms with Crippen LogP contribution in [0.5, 0.6) is 0 Å². The molecule has 0 aliphatic carbocycles. The highest BCUT2D eigenvalue weighted by molar-refractivity contribution is 7.92. The molecule has 6 aromatic carbocycles. The summed E-state index contributed by atoms with van der Waals surface area (Å²) in [6.45, 7) is 0. The lowest BCUT2D eigenvalue weighted by molar-refractivity contribution is 0.0976.